The molecule has 0 saturated carbocycles. The highest BCUT2D eigenvalue weighted by Crippen LogP contribution is 2.17. The van der Waals surface area contributed by atoms with Crippen molar-refractivity contribution in [3.05, 3.63) is 0 Å². The van der Waals surface area contributed by atoms with Crippen molar-refractivity contribution in [2.24, 2.45) is 11.8 Å². The Morgan fingerprint density at radius 3 is 2.75 bits per heavy atom. The lowest BCUT2D eigenvalue weighted by Crippen LogP contribution is -2.27. The Kier molecular flexibility index (Phi) is 4.44. The van der Waals surface area contributed by atoms with E-state index in [-0.39, 0.29) is 0 Å². The Bertz CT molecular complexity index is 123. The topological polar surface area (TPSA) is 3.24 Å². The summed E-state index contributed by atoms with van der Waals surface area (Å²) in [5.41, 5.74) is 0. The standard InChI is InChI=1S/C10H21NS/c1-3-10(8-12)7-11-5-4-9(2)6-11/h9-10,12H,3-8H2,1-2H3. The summed E-state index contributed by atoms with van der Waals surface area (Å²) in [5, 5.41) is 0. The van der Waals surface area contributed by atoms with Gasteiger partial charge in [0, 0.05) is 13.1 Å². The van der Waals surface area contributed by atoms with Crippen LogP contribution in [0.3, 0.4) is 0 Å². The zero-order chi connectivity index (χ0) is 8.97. The molecule has 0 spiro atoms. The van der Waals surface area contributed by atoms with Gasteiger partial charge >= 0.3 is 0 Å². The van der Waals surface area contributed by atoms with Gasteiger partial charge in [0.25, 0.3) is 0 Å². The molecular weight excluding hydrogens is 166 g/mol. The van der Waals surface area contributed by atoms with Gasteiger partial charge in [-0.05, 0) is 30.6 Å². The van der Waals surface area contributed by atoms with Crippen molar-refractivity contribution >= 4 is 12.6 Å². The highest BCUT2D eigenvalue weighted by Gasteiger charge is 2.20. The van der Waals surface area contributed by atoms with Crippen molar-refractivity contribution in [1.82, 2.24) is 4.90 Å². The molecule has 1 aliphatic rings. The molecule has 1 heterocycles. The molecule has 1 nitrogen and oxygen atoms in total. The highest BCUT2D eigenvalue weighted by atomic mass is 32.1. The molecule has 12 heavy (non-hydrogen) atoms. The predicted molar refractivity (Wildman–Crippen MR) is 57.9 cm³/mol. The SMILES string of the molecule is CCC(CS)CN1CCC(C)C1. The minimum Gasteiger partial charge on any atom is -0.303 e. The highest BCUT2D eigenvalue weighted by molar-refractivity contribution is 7.80. The summed E-state index contributed by atoms with van der Waals surface area (Å²) in [5.74, 6) is 2.77. The van der Waals surface area contributed by atoms with Crippen LogP contribution in [0.25, 0.3) is 0 Å². The van der Waals surface area contributed by atoms with Gasteiger partial charge in [-0.1, -0.05) is 20.3 Å². The number of thiol groups is 1. The van der Waals surface area contributed by atoms with E-state index in [1.807, 2.05) is 0 Å². The number of hydrogen-bond donors (Lipinski definition) is 1. The Hall–Kier alpha value is 0.310. The zero-order valence-electron chi connectivity index (χ0n) is 8.29. The zero-order valence-corrected chi connectivity index (χ0v) is 9.19. The summed E-state index contributed by atoms with van der Waals surface area (Å²) >= 11 is 4.36. The molecule has 0 aromatic heterocycles. The van der Waals surface area contributed by atoms with Crippen LogP contribution in [0.2, 0.25) is 0 Å². The van der Waals surface area contributed by atoms with Crippen molar-refractivity contribution in [2.75, 3.05) is 25.4 Å². The molecule has 0 bridgehead atoms. The summed E-state index contributed by atoms with van der Waals surface area (Å²) < 4.78 is 0. The van der Waals surface area contributed by atoms with Crippen LogP contribution in [-0.4, -0.2) is 30.3 Å². The van der Waals surface area contributed by atoms with E-state index >= 15 is 0 Å². The van der Waals surface area contributed by atoms with Crippen LogP contribution in [0.5, 0.6) is 0 Å². The molecule has 0 amide bonds. The van der Waals surface area contributed by atoms with E-state index in [0.29, 0.717) is 0 Å². The minimum atomic E-state index is 0.804. The summed E-state index contributed by atoms with van der Waals surface area (Å²) in [6.07, 6.45) is 2.66. The molecule has 2 heteroatoms. The van der Waals surface area contributed by atoms with Gasteiger partial charge in [0.2, 0.25) is 0 Å². The van der Waals surface area contributed by atoms with E-state index < -0.39 is 0 Å². The molecule has 0 aliphatic carbocycles. The maximum Gasteiger partial charge on any atom is 0.00175 e. The first kappa shape index (κ1) is 10.4. The van der Waals surface area contributed by atoms with Crippen molar-refractivity contribution < 1.29 is 0 Å². The van der Waals surface area contributed by atoms with Crippen LogP contribution in [0.1, 0.15) is 26.7 Å². The molecule has 1 aliphatic heterocycles. The molecule has 0 aromatic carbocycles. The molecule has 1 fully saturated rings. The van der Waals surface area contributed by atoms with Gasteiger partial charge in [-0.15, -0.1) is 0 Å². The van der Waals surface area contributed by atoms with E-state index in [1.54, 1.807) is 0 Å². The number of hydrogen-bond acceptors (Lipinski definition) is 2. The second kappa shape index (κ2) is 5.13. The second-order valence-corrected chi connectivity index (χ2v) is 4.48. The largest absolute Gasteiger partial charge is 0.303 e. The van der Waals surface area contributed by atoms with E-state index in [9.17, 15) is 0 Å². The predicted octanol–water partition coefficient (Wildman–Crippen LogP) is 2.28. The smallest absolute Gasteiger partial charge is 0.00175 e. The van der Waals surface area contributed by atoms with Crippen LogP contribution < -0.4 is 0 Å². The average molecular weight is 187 g/mol. The minimum absolute atomic E-state index is 0.804. The van der Waals surface area contributed by atoms with E-state index in [2.05, 4.69) is 31.4 Å². The van der Waals surface area contributed by atoms with Crippen LogP contribution in [0.4, 0.5) is 0 Å². The number of likely N-dealkylation sites (tertiary alicyclic amines) is 1. The molecule has 1 saturated heterocycles. The third-order valence-corrected chi connectivity index (χ3v) is 3.38. The third-order valence-electron chi connectivity index (χ3n) is 2.86. The summed E-state index contributed by atoms with van der Waals surface area (Å²) in [6, 6.07) is 0. The average Bonchev–Trinajstić information content (AvgIpc) is 2.47. The van der Waals surface area contributed by atoms with Gasteiger partial charge < -0.3 is 4.90 Å². The molecule has 2 atom stereocenters. The fourth-order valence-electron chi connectivity index (χ4n) is 1.87. The van der Waals surface area contributed by atoms with Gasteiger partial charge in [0.1, 0.15) is 0 Å². The van der Waals surface area contributed by atoms with Crippen LogP contribution in [-0.2, 0) is 0 Å². The lowest BCUT2D eigenvalue weighted by atomic mass is 10.1. The normalized spacial score (nSPS) is 27.8. The van der Waals surface area contributed by atoms with Gasteiger partial charge in [-0.2, -0.15) is 12.6 Å². The molecule has 0 aromatic rings. The fourth-order valence-corrected chi connectivity index (χ4v) is 2.25. The van der Waals surface area contributed by atoms with Gasteiger partial charge in [0.15, 0.2) is 0 Å². The van der Waals surface area contributed by atoms with E-state index in [1.165, 1.54) is 32.5 Å². The molecule has 2 unspecified atom stereocenters. The van der Waals surface area contributed by atoms with Crippen LogP contribution in [0, 0.1) is 11.8 Å². The van der Waals surface area contributed by atoms with Gasteiger partial charge in [-0.25, -0.2) is 0 Å². The second-order valence-electron chi connectivity index (χ2n) is 4.11. The van der Waals surface area contributed by atoms with Crippen LogP contribution >= 0.6 is 12.6 Å². The first-order valence-corrected chi connectivity index (χ1v) is 5.72. The van der Waals surface area contributed by atoms with Crippen molar-refractivity contribution in [1.29, 1.82) is 0 Å². The van der Waals surface area contributed by atoms with Crippen molar-refractivity contribution in [3.8, 4) is 0 Å². The monoisotopic (exact) mass is 187 g/mol. The lowest BCUT2D eigenvalue weighted by Gasteiger charge is -2.20. The molecule has 0 N–H and O–H groups in total. The van der Waals surface area contributed by atoms with Gasteiger partial charge in [-0.3, -0.25) is 0 Å². The Morgan fingerprint density at radius 2 is 2.33 bits per heavy atom. The molecule has 1 rings (SSSR count). The molecular formula is C10H21NS. The van der Waals surface area contributed by atoms with Crippen LogP contribution in [0.15, 0.2) is 0 Å². The molecule has 72 valence electrons. The quantitative estimate of drug-likeness (QED) is 0.661. The van der Waals surface area contributed by atoms with Gasteiger partial charge in [0.05, 0.1) is 0 Å². The Balaban J connectivity index is 2.21. The maximum atomic E-state index is 4.36. The van der Waals surface area contributed by atoms with Crippen molar-refractivity contribution in [3.63, 3.8) is 0 Å². The number of rotatable bonds is 4. The Labute approximate surface area is 81.9 Å². The van der Waals surface area contributed by atoms with E-state index in [0.717, 1.165) is 17.6 Å². The number of nitrogens with zero attached hydrogens (tertiary/aromatic N) is 1. The summed E-state index contributed by atoms with van der Waals surface area (Å²) in [7, 11) is 0. The lowest BCUT2D eigenvalue weighted by molar-refractivity contribution is 0.279. The molecule has 0 radical (unpaired) electrons. The summed E-state index contributed by atoms with van der Waals surface area (Å²) in [6.45, 7) is 8.50. The summed E-state index contributed by atoms with van der Waals surface area (Å²) in [4.78, 5) is 2.59. The maximum absolute atomic E-state index is 4.36. The van der Waals surface area contributed by atoms with E-state index in [4.69, 9.17) is 0 Å². The first-order chi connectivity index (χ1) is 5.76. The third kappa shape index (κ3) is 2.98. The van der Waals surface area contributed by atoms with Crippen molar-refractivity contribution in [2.45, 2.75) is 26.7 Å². The Morgan fingerprint density at radius 1 is 1.58 bits per heavy atom. The fraction of sp³-hybridized carbons (Fsp3) is 1.00. The first-order valence-electron chi connectivity index (χ1n) is 5.09.